The summed E-state index contributed by atoms with van der Waals surface area (Å²) in [6.45, 7) is 1.51. The molecule has 3 saturated heterocycles. The third-order valence-corrected chi connectivity index (χ3v) is 15.6. The van der Waals surface area contributed by atoms with E-state index in [4.69, 9.17) is 28.4 Å². The van der Waals surface area contributed by atoms with Gasteiger partial charge in [-0.25, -0.2) is 0 Å². The molecule has 3 aliphatic heterocycles. The lowest BCUT2D eigenvalue weighted by Gasteiger charge is -2.48. The molecule has 0 aromatic rings. The highest BCUT2D eigenvalue weighted by Gasteiger charge is 2.53. The molecule has 0 aliphatic carbocycles. The van der Waals surface area contributed by atoms with Crippen molar-refractivity contribution in [2.45, 2.75) is 272 Å². The van der Waals surface area contributed by atoms with Crippen molar-refractivity contribution in [1.29, 1.82) is 0 Å². The summed E-state index contributed by atoms with van der Waals surface area (Å²) in [6, 6.07) is -1.04. The predicted octanol–water partition coefficient (Wildman–Crippen LogP) is 8.37. The van der Waals surface area contributed by atoms with Gasteiger partial charge in [-0.2, -0.15) is 0 Å². The summed E-state index contributed by atoms with van der Waals surface area (Å²) in [7, 11) is 0. The van der Waals surface area contributed by atoms with E-state index >= 15 is 0 Å². The summed E-state index contributed by atoms with van der Waals surface area (Å²) in [5.41, 5.74) is 0. The largest absolute Gasteiger partial charge is 0.394 e. The lowest BCUT2D eigenvalue weighted by atomic mass is 9.96. The van der Waals surface area contributed by atoms with E-state index in [0.29, 0.717) is 19.3 Å². The van der Waals surface area contributed by atoms with Crippen LogP contribution in [0.5, 0.6) is 0 Å². The number of nitrogens with one attached hydrogen (secondary N) is 1. The summed E-state index contributed by atoms with van der Waals surface area (Å²) >= 11 is 0. The van der Waals surface area contributed by atoms with Crippen molar-refractivity contribution in [2.24, 2.45) is 0 Å². The normalized spacial score (nSPS) is 28.8. The smallest absolute Gasteiger partial charge is 0.220 e. The van der Waals surface area contributed by atoms with Crippen LogP contribution in [0, 0.1) is 0 Å². The number of hydrogen-bond acceptors (Lipinski definition) is 18. The van der Waals surface area contributed by atoms with E-state index in [1.807, 2.05) is 18.2 Å². The van der Waals surface area contributed by atoms with Crippen LogP contribution in [0.15, 0.2) is 146 Å². The van der Waals surface area contributed by atoms with Crippen LogP contribution in [0.4, 0.5) is 0 Å². The average molecular weight is 1280 g/mol. The number of carbonyl (C=O) groups excluding carboxylic acids is 1. The van der Waals surface area contributed by atoms with Gasteiger partial charge in [0.25, 0.3) is 0 Å². The number of rotatable bonds is 48. The summed E-state index contributed by atoms with van der Waals surface area (Å²) in [6.07, 6.45) is 46.8. The van der Waals surface area contributed by atoms with Gasteiger partial charge in [0.15, 0.2) is 18.9 Å². The minimum absolute atomic E-state index is 0.141. The molecule has 0 saturated carbocycles. The van der Waals surface area contributed by atoms with Crippen LogP contribution in [0.25, 0.3) is 0 Å². The van der Waals surface area contributed by atoms with E-state index in [9.17, 15) is 61.0 Å². The van der Waals surface area contributed by atoms with Crippen molar-refractivity contribution in [3.8, 4) is 0 Å². The third kappa shape index (κ3) is 34.1. The molecule has 0 radical (unpaired) electrons. The second kappa shape index (κ2) is 52.0. The highest BCUT2D eigenvalue weighted by Crippen LogP contribution is 2.33. The Morgan fingerprint density at radius 3 is 1.23 bits per heavy atom. The van der Waals surface area contributed by atoms with E-state index in [-0.39, 0.29) is 12.3 Å². The Labute approximate surface area is 542 Å². The fourth-order valence-corrected chi connectivity index (χ4v) is 10.2. The Hall–Kier alpha value is -4.33. The zero-order chi connectivity index (χ0) is 66.1. The molecule has 3 fully saturated rings. The molecule has 0 aromatic carbocycles. The number of carbonyl (C=O) groups is 1. The Bertz CT molecular complexity index is 2220. The fraction of sp³-hybridized carbons (Fsp3) is 0.653. The van der Waals surface area contributed by atoms with E-state index in [0.717, 1.165) is 83.5 Å². The predicted molar refractivity (Wildman–Crippen MR) is 355 cm³/mol. The highest BCUT2D eigenvalue weighted by atomic mass is 16.8. The minimum Gasteiger partial charge on any atom is -0.394 e. The van der Waals surface area contributed by atoms with Crippen LogP contribution in [0.2, 0.25) is 0 Å². The number of hydrogen-bond donors (Lipinski definition) is 12. The first-order chi connectivity index (χ1) is 44.3. The molecule has 1 amide bonds. The lowest BCUT2D eigenvalue weighted by molar-refractivity contribution is -0.379. The number of allylic oxidation sites excluding steroid dienone is 23. The van der Waals surface area contributed by atoms with Crippen LogP contribution in [-0.4, -0.2) is 193 Å². The van der Waals surface area contributed by atoms with Gasteiger partial charge in [0, 0.05) is 6.42 Å². The molecule has 12 N–H and O–H groups in total. The Kier molecular flexibility index (Phi) is 46.2. The number of ether oxygens (including phenoxy) is 6. The van der Waals surface area contributed by atoms with E-state index in [1.165, 1.54) is 44.9 Å². The molecule has 0 spiro atoms. The lowest BCUT2D eigenvalue weighted by Crippen LogP contribution is -2.66. The van der Waals surface area contributed by atoms with E-state index < -0.39 is 131 Å². The van der Waals surface area contributed by atoms with Crippen molar-refractivity contribution in [3.63, 3.8) is 0 Å². The molecular formula is C72H115NO18. The third-order valence-electron chi connectivity index (χ3n) is 15.6. The average Bonchev–Trinajstić information content (AvgIpc) is 0.884. The molecule has 17 unspecified atom stereocenters. The maximum absolute atomic E-state index is 13.4. The van der Waals surface area contributed by atoms with Gasteiger partial charge in [-0.1, -0.05) is 198 Å². The van der Waals surface area contributed by atoms with Crippen LogP contribution in [0.1, 0.15) is 168 Å². The molecule has 91 heavy (non-hydrogen) atoms. The van der Waals surface area contributed by atoms with Crippen molar-refractivity contribution in [3.05, 3.63) is 146 Å². The zero-order valence-electron chi connectivity index (χ0n) is 54.2. The monoisotopic (exact) mass is 1280 g/mol. The molecule has 19 heteroatoms. The van der Waals surface area contributed by atoms with E-state index in [1.54, 1.807) is 6.08 Å². The Morgan fingerprint density at radius 2 is 0.769 bits per heavy atom. The Balaban J connectivity index is 1.48. The van der Waals surface area contributed by atoms with Gasteiger partial charge in [-0.05, 0) is 109 Å². The quantitative estimate of drug-likeness (QED) is 0.0201. The Morgan fingerprint density at radius 1 is 0.407 bits per heavy atom. The topological polar surface area (TPSA) is 307 Å². The van der Waals surface area contributed by atoms with Gasteiger partial charge in [-0.3, -0.25) is 4.79 Å². The number of amides is 1. The van der Waals surface area contributed by atoms with Gasteiger partial charge >= 0.3 is 0 Å². The number of aliphatic hydroxyl groups excluding tert-OH is 11. The molecular weight excluding hydrogens is 1170 g/mol. The van der Waals surface area contributed by atoms with Gasteiger partial charge < -0.3 is 89.9 Å². The first-order valence-electron chi connectivity index (χ1n) is 33.6. The van der Waals surface area contributed by atoms with Crippen LogP contribution >= 0.6 is 0 Å². The molecule has 0 aromatic heterocycles. The maximum atomic E-state index is 13.4. The molecule has 0 bridgehead atoms. The van der Waals surface area contributed by atoms with Crippen molar-refractivity contribution < 1.29 is 89.4 Å². The van der Waals surface area contributed by atoms with Gasteiger partial charge in [0.2, 0.25) is 5.91 Å². The summed E-state index contributed by atoms with van der Waals surface area (Å²) in [5, 5.41) is 120. The number of aliphatic hydroxyl groups is 11. The van der Waals surface area contributed by atoms with Crippen LogP contribution in [0.3, 0.4) is 0 Å². The molecule has 3 heterocycles. The summed E-state index contributed by atoms with van der Waals surface area (Å²) in [5.74, 6) is -0.355. The molecule has 516 valence electrons. The van der Waals surface area contributed by atoms with Crippen LogP contribution in [-0.2, 0) is 33.2 Å². The summed E-state index contributed by atoms with van der Waals surface area (Å²) in [4.78, 5) is 13.4. The van der Waals surface area contributed by atoms with Crippen LogP contribution < -0.4 is 5.32 Å². The van der Waals surface area contributed by atoms with E-state index in [2.05, 4.69) is 141 Å². The SMILES string of the molecule is CC/C=C\C/C=C\C/C=C\C/C=C\C/C=C\C/C=C\C/C=C\C/C=C\C/C=C\CCCC(=O)NC(COC1OC(CO)C(OC2OC(CO)C(OC3OC(CO)C(O)C(O)C3O)C(O)C2O)C(O)C1O)C(O)/C=C/CC/C=C/CC/C=C/CCCCCCCCC. The molecule has 19 nitrogen and oxygen atoms in total. The highest BCUT2D eigenvalue weighted by molar-refractivity contribution is 5.76. The number of unbranched alkanes of at least 4 members (excludes halogenated alkanes) is 10. The maximum Gasteiger partial charge on any atom is 0.220 e. The second-order valence-electron chi connectivity index (χ2n) is 23.2. The first kappa shape index (κ1) is 80.9. The molecule has 3 aliphatic rings. The second-order valence-corrected chi connectivity index (χ2v) is 23.2. The molecule has 17 atom stereocenters. The standard InChI is InChI=1S/C72H115NO18/c1-3-5-7-9-11-13-15-17-19-21-22-23-24-25-26-27-28-29-30-31-32-34-36-38-40-42-44-46-48-50-60(78)73-55(56(77)49-47-45-43-41-39-37-35-33-20-18-16-14-12-10-8-6-4-2)54-86-70-66(84)63(81)68(58(52-75)88-70)91-72-67(85)64(82)69(59(53-76)89-72)90-71-65(83)62(80)61(79)57(51-74)87-71/h5,7,11,13,17,19-20,22-23,25-26,28-29,31-33,36,38-39,41-42,44,47,49,55-59,61-72,74-77,79-85H,3-4,6,8-10,12,14-16,18,21,24,27,30,34-35,37,40,43,45-46,48,50-54H2,1-2H3,(H,73,78)/b7-5-,13-11-,19-17-,23-22-,26-25-,29-28-,32-31-,33-20+,38-36-,41-39+,44-42-,49-47+. The van der Waals surface area contributed by atoms with Crippen molar-refractivity contribution in [1.82, 2.24) is 5.32 Å². The van der Waals surface area contributed by atoms with Gasteiger partial charge in [0.1, 0.15) is 73.2 Å². The first-order valence-corrected chi connectivity index (χ1v) is 33.6. The fourth-order valence-electron chi connectivity index (χ4n) is 10.2. The zero-order valence-corrected chi connectivity index (χ0v) is 54.2. The van der Waals surface area contributed by atoms with Gasteiger partial charge in [0.05, 0.1) is 38.6 Å². The van der Waals surface area contributed by atoms with Crippen molar-refractivity contribution in [2.75, 3.05) is 26.4 Å². The van der Waals surface area contributed by atoms with Crippen molar-refractivity contribution >= 4 is 5.91 Å². The summed E-state index contributed by atoms with van der Waals surface area (Å²) < 4.78 is 34.2. The molecule has 3 rings (SSSR count). The minimum atomic E-state index is -2.00. The van der Waals surface area contributed by atoms with Gasteiger partial charge in [-0.15, -0.1) is 0 Å².